The zero-order valence-corrected chi connectivity index (χ0v) is 11.6. The number of rotatable bonds is 2. The summed E-state index contributed by atoms with van der Waals surface area (Å²) in [5.41, 5.74) is 0. The van der Waals surface area contributed by atoms with Gasteiger partial charge in [0, 0.05) is 12.6 Å². The summed E-state index contributed by atoms with van der Waals surface area (Å²) in [5.74, 6) is -0.183. The number of sulfone groups is 1. The van der Waals surface area contributed by atoms with E-state index in [-0.39, 0.29) is 23.5 Å². The first kappa shape index (κ1) is 14.1. The van der Waals surface area contributed by atoms with E-state index >= 15 is 0 Å². The Morgan fingerprint density at radius 2 is 2.05 bits per heavy atom. The van der Waals surface area contributed by atoms with E-state index in [1.807, 2.05) is 0 Å². The van der Waals surface area contributed by atoms with Crippen LogP contribution >= 0.6 is 0 Å². The lowest BCUT2D eigenvalue weighted by Gasteiger charge is -2.23. The van der Waals surface area contributed by atoms with E-state index in [1.165, 1.54) is 12.0 Å². The van der Waals surface area contributed by atoms with Crippen molar-refractivity contribution in [2.45, 2.75) is 31.3 Å². The van der Waals surface area contributed by atoms with Gasteiger partial charge in [0.2, 0.25) is 5.91 Å². The van der Waals surface area contributed by atoms with Gasteiger partial charge in [0.15, 0.2) is 9.84 Å². The van der Waals surface area contributed by atoms with E-state index in [0.717, 1.165) is 6.42 Å². The molecule has 0 aromatic rings. The number of hydrogen-bond acceptors (Lipinski definition) is 5. The molecule has 2 heterocycles. The maximum absolute atomic E-state index is 12.1. The molecule has 2 saturated heterocycles. The molecule has 2 atom stereocenters. The molecule has 0 bridgehead atoms. The highest BCUT2D eigenvalue weighted by molar-refractivity contribution is 7.91. The number of likely N-dealkylation sites (tertiary alicyclic amines) is 1. The number of amides is 2. The molecule has 0 aliphatic carbocycles. The van der Waals surface area contributed by atoms with Crippen molar-refractivity contribution in [2.24, 2.45) is 0 Å². The van der Waals surface area contributed by atoms with Crippen LogP contribution in [0.25, 0.3) is 0 Å². The van der Waals surface area contributed by atoms with E-state index in [4.69, 9.17) is 0 Å². The Morgan fingerprint density at radius 3 is 2.63 bits per heavy atom. The average Bonchev–Trinajstić information content (AvgIpc) is 2.94. The molecule has 7 nitrogen and oxygen atoms in total. The minimum Gasteiger partial charge on any atom is -0.453 e. The molecule has 2 aliphatic rings. The molecule has 2 rings (SSSR count). The normalized spacial score (nSPS) is 29.2. The van der Waals surface area contributed by atoms with Crippen molar-refractivity contribution in [3.8, 4) is 0 Å². The first-order valence-electron chi connectivity index (χ1n) is 6.28. The van der Waals surface area contributed by atoms with Gasteiger partial charge in [0.25, 0.3) is 0 Å². The smallest absolute Gasteiger partial charge is 0.410 e. The molecule has 0 aromatic carbocycles. The minimum atomic E-state index is -3.02. The summed E-state index contributed by atoms with van der Waals surface area (Å²) in [5, 5.41) is 2.72. The van der Waals surface area contributed by atoms with Crippen LogP contribution in [0.1, 0.15) is 19.3 Å². The lowest BCUT2D eigenvalue weighted by molar-refractivity contribution is -0.125. The van der Waals surface area contributed by atoms with Crippen LogP contribution in [0.2, 0.25) is 0 Å². The molecule has 1 N–H and O–H groups in total. The predicted octanol–water partition coefficient (Wildman–Crippen LogP) is -0.479. The third-order valence-corrected chi connectivity index (χ3v) is 5.31. The summed E-state index contributed by atoms with van der Waals surface area (Å²) in [6.45, 7) is 0.494. The van der Waals surface area contributed by atoms with Crippen molar-refractivity contribution in [1.82, 2.24) is 10.2 Å². The van der Waals surface area contributed by atoms with E-state index in [9.17, 15) is 18.0 Å². The number of methoxy groups -OCH3 is 1. The van der Waals surface area contributed by atoms with Gasteiger partial charge < -0.3 is 10.1 Å². The molecular weight excluding hydrogens is 272 g/mol. The molecule has 0 aromatic heterocycles. The fourth-order valence-electron chi connectivity index (χ4n) is 2.58. The number of nitrogens with one attached hydrogen (secondary N) is 1. The maximum atomic E-state index is 12.1. The van der Waals surface area contributed by atoms with Crippen LogP contribution in [0.4, 0.5) is 4.79 Å². The zero-order chi connectivity index (χ0) is 14.0. The van der Waals surface area contributed by atoms with Crippen molar-refractivity contribution < 1.29 is 22.7 Å². The molecule has 0 radical (unpaired) electrons. The zero-order valence-electron chi connectivity index (χ0n) is 10.8. The minimum absolute atomic E-state index is 0.0102. The second kappa shape index (κ2) is 5.36. The Morgan fingerprint density at radius 1 is 1.32 bits per heavy atom. The summed E-state index contributed by atoms with van der Waals surface area (Å²) < 4.78 is 27.3. The lowest BCUT2D eigenvalue weighted by Crippen LogP contribution is -2.49. The quantitative estimate of drug-likeness (QED) is 0.741. The SMILES string of the molecule is COC(=O)N1CCCC1C(=O)NC1CCS(=O)(=O)C1. The van der Waals surface area contributed by atoms with Gasteiger partial charge in [-0.05, 0) is 19.3 Å². The average molecular weight is 290 g/mol. The van der Waals surface area contributed by atoms with Crippen molar-refractivity contribution in [1.29, 1.82) is 0 Å². The van der Waals surface area contributed by atoms with Crippen LogP contribution in [0.3, 0.4) is 0 Å². The van der Waals surface area contributed by atoms with Crippen LogP contribution in [-0.2, 0) is 19.4 Å². The molecule has 0 spiro atoms. The fourth-order valence-corrected chi connectivity index (χ4v) is 4.25. The van der Waals surface area contributed by atoms with Gasteiger partial charge in [0.1, 0.15) is 6.04 Å². The van der Waals surface area contributed by atoms with Crippen molar-refractivity contribution in [3.05, 3.63) is 0 Å². The third-order valence-electron chi connectivity index (χ3n) is 3.54. The van der Waals surface area contributed by atoms with Crippen molar-refractivity contribution in [2.75, 3.05) is 25.2 Å². The number of hydrogen-bond donors (Lipinski definition) is 1. The molecule has 2 amide bonds. The maximum Gasteiger partial charge on any atom is 0.410 e. The first-order chi connectivity index (χ1) is 8.93. The van der Waals surface area contributed by atoms with Crippen molar-refractivity contribution >= 4 is 21.8 Å². The lowest BCUT2D eigenvalue weighted by atomic mass is 10.2. The largest absolute Gasteiger partial charge is 0.453 e. The van der Waals surface area contributed by atoms with Crippen LogP contribution < -0.4 is 5.32 Å². The van der Waals surface area contributed by atoms with Gasteiger partial charge in [0.05, 0.1) is 18.6 Å². The van der Waals surface area contributed by atoms with E-state index in [1.54, 1.807) is 0 Å². The summed E-state index contributed by atoms with van der Waals surface area (Å²) in [7, 11) is -1.74. The van der Waals surface area contributed by atoms with Crippen LogP contribution in [-0.4, -0.2) is 62.6 Å². The second-order valence-corrected chi connectivity index (χ2v) is 7.16. The van der Waals surface area contributed by atoms with Crippen molar-refractivity contribution in [3.63, 3.8) is 0 Å². The number of carbonyl (C=O) groups is 2. The molecule has 19 heavy (non-hydrogen) atoms. The number of ether oxygens (including phenoxy) is 1. The summed E-state index contributed by atoms with van der Waals surface area (Å²) in [4.78, 5) is 25.0. The Balaban J connectivity index is 1.94. The monoisotopic (exact) mass is 290 g/mol. The van der Waals surface area contributed by atoms with Crippen LogP contribution in [0, 0.1) is 0 Å². The highest BCUT2D eigenvalue weighted by Gasteiger charge is 2.37. The molecular formula is C11H18N2O5S. The van der Waals surface area contributed by atoms with Gasteiger partial charge in [-0.2, -0.15) is 0 Å². The molecule has 8 heteroatoms. The molecule has 2 fully saturated rings. The van der Waals surface area contributed by atoms with Crippen LogP contribution in [0.5, 0.6) is 0 Å². The summed E-state index contributed by atoms with van der Waals surface area (Å²) in [6.07, 6.45) is 1.26. The second-order valence-electron chi connectivity index (χ2n) is 4.93. The first-order valence-corrected chi connectivity index (χ1v) is 8.10. The highest BCUT2D eigenvalue weighted by Crippen LogP contribution is 2.19. The Hall–Kier alpha value is -1.31. The fraction of sp³-hybridized carbons (Fsp3) is 0.818. The molecule has 0 saturated carbocycles. The topological polar surface area (TPSA) is 92.8 Å². The molecule has 108 valence electrons. The Labute approximate surface area is 112 Å². The van der Waals surface area contributed by atoms with Gasteiger partial charge in [-0.25, -0.2) is 13.2 Å². The standard InChI is InChI=1S/C11H18N2O5S/c1-18-11(15)13-5-2-3-9(13)10(14)12-8-4-6-19(16,17)7-8/h8-9H,2-7H2,1H3,(H,12,14). The van der Waals surface area contributed by atoms with Gasteiger partial charge in [-0.15, -0.1) is 0 Å². The third kappa shape index (κ3) is 3.17. The highest BCUT2D eigenvalue weighted by atomic mass is 32.2. The Bertz CT molecular complexity index is 475. The van der Waals surface area contributed by atoms with Gasteiger partial charge in [-0.1, -0.05) is 0 Å². The molecule has 2 unspecified atom stereocenters. The van der Waals surface area contributed by atoms with E-state index in [0.29, 0.717) is 19.4 Å². The predicted molar refractivity (Wildman–Crippen MR) is 67.3 cm³/mol. The van der Waals surface area contributed by atoms with Gasteiger partial charge >= 0.3 is 6.09 Å². The van der Waals surface area contributed by atoms with E-state index < -0.39 is 22.0 Å². The number of nitrogens with zero attached hydrogens (tertiary/aromatic N) is 1. The Kier molecular flexibility index (Phi) is 3.98. The van der Waals surface area contributed by atoms with Gasteiger partial charge in [-0.3, -0.25) is 9.69 Å². The summed E-state index contributed by atoms with van der Waals surface area (Å²) >= 11 is 0. The molecule has 2 aliphatic heterocycles. The van der Waals surface area contributed by atoms with Crippen LogP contribution in [0.15, 0.2) is 0 Å². The summed E-state index contributed by atoms with van der Waals surface area (Å²) in [6, 6.07) is -0.881. The van der Waals surface area contributed by atoms with E-state index in [2.05, 4.69) is 10.1 Å². The number of carbonyl (C=O) groups excluding carboxylic acids is 2.